The van der Waals surface area contributed by atoms with E-state index >= 15 is 0 Å². The molecule has 18 heavy (non-hydrogen) atoms. The van der Waals surface area contributed by atoms with Gasteiger partial charge in [0.15, 0.2) is 0 Å². The fourth-order valence-corrected chi connectivity index (χ4v) is 1.41. The molecule has 3 nitrogen and oxygen atoms in total. The topological polar surface area (TPSA) is 49.3 Å². The van der Waals surface area contributed by atoms with Crippen molar-refractivity contribution >= 4 is 11.6 Å². The van der Waals surface area contributed by atoms with Crippen molar-refractivity contribution in [2.45, 2.75) is 47.0 Å². The molecule has 0 aliphatic rings. The second kappa shape index (κ2) is 4.63. The van der Waals surface area contributed by atoms with E-state index < -0.39 is 5.41 Å². The fourth-order valence-electron chi connectivity index (χ4n) is 1.41. The number of anilines is 1. The van der Waals surface area contributed by atoms with Crippen LogP contribution in [-0.4, -0.2) is 11.0 Å². The summed E-state index contributed by atoms with van der Waals surface area (Å²) < 4.78 is 0. The molecular formula is C15H23NO2. The van der Waals surface area contributed by atoms with Crippen LogP contribution in [0.1, 0.15) is 47.1 Å². The molecule has 0 radical (unpaired) electrons. The third kappa shape index (κ3) is 3.49. The predicted octanol–water partition coefficient (Wildman–Crippen LogP) is 3.67. The van der Waals surface area contributed by atoms with Gasteiger partial charge in [0.25, 0.3) is 0 Å². The molecule has 0 heterocycles. The Morgan fingerprint density at radius 3 is 2.11 bits per heavy atom. The fraction of sp³-hybridized carbons (Fsp3) is 0.533. The molecule has 0 saturated heterocycles. The van der Waals surface area contributed by atoms with Crippen LogP contribution in [0.25, 0.3) is 0 Å². The van der Waals surface area contributed by atoms with E-state index in [4.69, 9.17) is 0 Å². The predicted molar refractivity (Wildman–Crippen MR) is 74.9 cm³/mol. The van der Waals surface area contributed by atoms with Gasteiger partial charge >= 0.3 is 0 Å². The first kappa shape index (κ1) is 14.6. The summed E-state index contributed by atoms with van der Waals surface area (Å²) in [7, 11) is 0. The van der Waals surface area contributed by atoms with E-state index in [9.17, 15) is 9.90 Å². The van der Waals surface area contributed by atoms with E-state index in [0.717, 1.165) is 5.56 Å². The number of phenolic OH excluding ortho intramolecular Hbond substituents is 1. The Balaban J connectivity index is 3.06. The Hall–Kier alpha value is -1.51. The van der Waals surface area contributed by atoms with E-state index in [1.807, 2.05) is 32.9 Å². The molecule has 0 atom stereocenters. The molecule has 0 aliphatic carbocycles. The van der Waals surface area contributed by atoms with Crippen molar-refractivity contribution in [3.8, 4) is 5.75 Å². The van der Waals surface area contributed by atoms with Crippen LogP contribution in [0.3, 0.4) is 0 Å². The standard InChI is InChI=1S/C15H23NO2/c1-14(2,3)10-7-8-12(17)11(9-10)16-13(18)15(4,5)6/h7-9,17H,1-6H3,(H,16,18). The van der Waals surface area contributed by atoms with Gasteiger partial charge in [0.05, 0.1) is 5.69 Å². The SMILES string of the molecule is CC(C)(C)C(=O)Nc1cc(C(C)(C)C)ccc1O. The summed E-state index contributed by atoms with van der Waals surface area (Å²) >= 11 is 0. The van der Waals surface area contributed by atoms with E-state index in [0.29, 0.717) is 5.69 Å². The zero-order chi connectivity index (χ0) is 14.1. The molecule has 2 N–H and O–H groups in total. The number of phenols is 1. The highest BCUT2D eigenvalue weighted by Crippen LogP contribution is 2.31. The first-order valence-corrected chi connectivity index (χ1v) is 6.17. The lowest BCUT2D eigenvalue weighted by molar-refractivity contribution is -0.123. The molecule has 3 heteroatoms. The third-order valence-corrected chi connectivity index (χ3v) is 2.79. The molecule has 0 saturated carbocycles. The van der Waals surface area contributed by atoms with Crippen molar-refractivity contribution in [1.82, 2.24) is 0 Å². The van der Waals surface area contributed by atoms with Gasteiger partial charge in [-0.1, -0.05) is 47.6 Å². The summed E-state index contributed by atoms with van der Waals surface area (Å²) in [6, 6.07) is 5.33. The first-order chi connectivity index (χ1) is 8.01. The molecule has 0 aliphatic heterocycles. The van der Waals surface area contributed by atoms with Crippen molar-refractivity contribution in [3.05, 3.63) is 23.8 Å². The maximum Gasteiger partial charge on any atom is 0.229 e. The average Bonchev–Trinajstić information content (AvgIpc) is 2.18. The van der Waals surface area contributed by atoms with Crippen LogP contribution in [0, 0.1) is 5.41 Å². The lowest BCUT2D eigenvalue weighted by Gasteiger charge is -2.22. The highest BCUT2D eigenvalue weighted by molar-refractivity contribution is 5.95. The van der Waals surface area contributed by atoms with Gasteiger partial charge in [-0.2, -0.15) is 0 Å². The highest BCUT2D eigenvalue weighted by Gasteiger charge is 2.23. The first-order valence-electron chi connectivity index (χ1n) is 6.17. The molecule has 1 aromatic rings. The van der Waals surface area contributed by atoms with E-state index in [1.54, 1.807) is 6.07 Å². The number of carbonyl (C=O) groups excluding carboxylic acids is 1. The summed E-state index contributed by atoms with van der Waals surface area (Å²) in [6.45, 7) is 11.8. The second-order valence-electron chi connectivity index (χ2n) is 6.69. The van der Waals surface area contributed by atoms with Crippen molar-refractivity contribution in [3.63, 3.8) is 0 Å². The zero-order valence-electron chi connectivity index (χ0n) is 12.1. The number of amides is 1. The maximum absolute atomic E-state index is 11.9. The largest absolute Gasteiger partial charge is 0.506 e. The van der Waals surface area contributed by atoms with Gasteiger partial charge in [-0.05, 0) is 23.1 Å². The van der Waals surface area contributed by atoms with Crippen LogP contribution in [0.15, 0.2) is 18.2 Å². The Morgan fingerprint density at radius 2 is 1.67 bits per heavy atom. The minimum Gasteiger partial charge on any atom is -0.506 e. The van der Waals surface area contributed by atoms with Gasteiger partial charge in [-0.3, -0.25) is 4.79 Å². The Labute approximate surface area is 109 Å². The lowest BCUT2D eigenvalue weighted by atomic mass is 9.86. The Bertz CT molecular complexity index is 451. The molecule has 0 fully saturated rings. The molecule has 1 amide bonds. The molecule has 1 rings (SSSR count). The van der Waals surface area contributed by atoms with Crippen LogP contribution in [0.4, 0.5) is 5.69 Å². The smallest absolute Gasteiger partial charge is 0.229 e. The van der Waals surface area contributed by atoms with Gasteiger partial charge in [-0.25, -0.2) is 0 Å². The van der Waals surface area contributed by atoms with Gasteiger partial charge in [0, 0.05) is 5.41 Å². The van der Waals surface area contributed by atoms with E-state index in [-0.39, 0.29) is 17.1 Å². The normalized spacial score (nSPS) is 12.3. The molecule has 0 aromatic heterocycles. The number of carbonyl (C=O) groups is 1. The summed E-state index contributed by atoms with van der Waals surface area (Å²) in [5, 5.41) is 12.6. The Kier molecular flexibility index (Phi) is 3.75. The molecule has 0 spiro atoms. The minimum absolute atomic E-state index is 0.0189. The van der Waals surface area contributed by atoms with Crippen LogP contribution < -0.4 is 5.32 Å². The number of benzene rings is 1. The zero-order valence-corrected chi connectivity index (χ0v) is 12.1. The Morgan fingerprint density at radius 1 is 1.11 bits per heavy atom. The van der Waals surface area contributed by atoms with Gasteiger partial charge in [-0.15, -0.1) is 0 Å². The number of hydrogen-bond acceptors (Lipinski definition) is 2. The van der Waals surface area contributed by atoms with Gasteiger partial charge in [0.2, 0.25) is 5.91 Å². The van der Waals surface area contributed by atoms with E-state index in [2.05, 4.69) is 26.1 Å². The van der Waals surface area contributed by atoms with Crippen LogP contribution in [0.2, 0.25) is 0 Å². The van der Waals surface area contributed by atoms with Crippen molar-refractivity contribution in [2.24, 2.45) is 5.41 Å². The summed E-state index contributed by atoms with van der Waals surface area (Å²) in [5.41, 5.74) is 1.05. The summed E-state index contributed by atoms with van der Waals surface area (Å²) in [6.07, 6.45) is 0. The van der Waals surface area contributed by atoms with Crippen molar-refractivity contribution in [1.29, 1.82) is 0 Å². The van der Waals surface area contributed by atoms with Gasteiger partial charge in [0.1, 0.15) is 5.75 Å². The number of nitrogens with one attached hydrogen (secondary N) is 1. The third-order valence-electron chi connectivity index (χ3n) is 2.79. The molecule has 1 aromatic carbocycles. The number of hydrogen-bond donors (Lipinski definition) is 2. The molecule has 0 unspecified atom stereocenters. The molecule has 0 bridgehead atoms. The molecular weight excluding hydrogens is 226 g/mol. The lowest BCUT2D eigenvalue weighted by Crippen LogP contribution is -2.27. The maximum atomic E-state index is 11.9. The van der Waals surface area contributed by atoms with Crippen LogP contribution in [0.5, 0.6) is 5.75 Å². The summed E-state index contributed by atoms with van der Waals surface area (Å²) in [4.78, 5) is 11.9. The van der Waals surface area contributed by atoms with Crippen LogP contribution >= 0.6 is 0 Å². The van der Waals surface area contributed by atoms with Gasteiger partial charge < -0.3 is 10.4 Å². The van der Waals surface area contributed by atoms with E-state index in [1.165, 1.54) is 0 Å². The van der Waals surface area contributed by atoms with Crippen LogP contribution in [-0.2, 0) is 10.2 Å². The summed E-state index contributed by atoms with van der Waals surface area (Å²) in [5.74, 6) is -0.00976. The number of rotatable bonds is 1. The monoisotopic (exact) mass is 249 g/mol. The average molecular weight is 249 g/mol. The minimum atomic E-state index is -0.482. The highest BCUT2D eigenvalue weighted by atomic mass is 16.3. The quantitative estimate of drug-likeness (QED) is 0.746. The second-order valence-corrected chi connectivity index (χ2v) is 6.69. The van der Waals surface area contributed by atoms with Crippen molar-refractivity contribution in [2.75, 3.05) is 5.32 Å². The van der Waals surface area contributed by atoms with Crippen molar-refractivity contribution < 1.29 is 9.90 Å². The molecule has 100 valence electrons. The number of aromatic hydroxyl groups is 1.